The van der Waals surface area contributed by atoms with Gasteiger partial charge in [-0.1, -0.05) is 36.0 Å². The Morgan fingerprint density at radius 3 is 2.69 bits per heavy atom. The van der Waals surface area contributed by atoms with Gasteiger partial charge in [-0.2, -0.15) is 0 Å². The molecule has 0 unspecified atom stereocenters. The highest BCUT2D eigenvalue weighted by Gasteiger charge is 2.23. The van der Waals surface area contributed by atoms with E-state index in [1.54, 1.807) is 15.9 Å². The molecule has 3 heterocycles. The number of carbonyl (C=O) groups is 1. The number of thioether (sulfide) groups is 1. The van der Waals surface area contributed by atoms with Crippen LogP contribution in [-0.4, -0.2) is 32.7 Å². The zero-order valence-electron chi connectivity index (χ0n) is 17.2. The fraction of sp³-hybridized carbons (Fsp3) is 0.409. The lowest BCUT2D eigenvalue weighted by molar-refractivity contribution is -0.129. The third kappa shape index (κ3) is 3.73. The largest absolute Gasteiger partial charge is 0.337 e. The molecule has 1 aromatic carbocycles. The number of aromatic nitrogens is 2. The minimum Gasteiger partial charge on any atom is -0.337 e. The van der Waals surface area contributed by atoms with E-state index < -0.39 is 0 Å². The van der Waals surface area contributed by atoms with Crippen LogP contribution in [0.1, 0.15) is 41.5 Å². The van der Waals surface area contributed by atoms with E-state index in [0.29, 0.717) is 17.1 Å². The van der Waals surface area contributed by atoms with Crippen molar-refractivity contribution < 1.29 is 4.79 Å². The summed E-state index contributed by atoms with van der Waals surface area (Å²) in [6.07, 6.45) is 0.890. The second-order valence-corrected chi connectivity index (χ2v) is 9.90. The number of amides is 1. The SMILES string of the molecule is Cc1sc2nc(SCC(=O)N3CCc4ccccc4C3)n(C(C)C)c(=O)c2c1C. The molecule has 29 heavy (non-hydrogen) atoms. The molecule has 7 heteroatoms. The Morgan fingerprint density at radius 1 is 1.24 bits per heavy atom. The Balaban J connectivity index is 1.57. The summed E-state index contributed by atoms with van der Waals surface area (Å²) in [6, 6.07) is 8.28. The number of nitrogens with zero attached hydrogens (tertiary/aromatic N) is 3. The molecule has 0 bridgehead atoms. The van der Waals surface area contributed by atoms with Crippen molar-refractivity contribution in [2.75, 3.05) is 12.3 Å². The molecule has 4 rings (SSSR count). The van der Waals surface area contributed by atoms with Crippen molar-refractivity contribution in [3.8, 4) is 0 Å². The van der Waals surface area contributed by atoms with E-state index in [0.717, 1.165) is 28.2 Å². The number of thiophene rings is 1. The molecule has 0 saturated carbocycles. The zero-order chi connectivity index (χ0) is 20.7. The summed E-state index contributed by atoms with van der Waals surface area (Å²) < 4.78 is 1.73. The number of hydrogen-bond donors (Lipinski definition) is 0. The van der Waals surface area contributed by atoms with Gasteiger partial charge in [0.25, 0.3) is 5.56 Å². The Morgan fingerprint density at radius 2 is 1.97 bits per heavy atom. The monoisotopic (exact) mass is 427 g/mol. The first-order valence-electron chi connectivity index (χ1n) is 9.86. The van der Waals surface area contributed by atoms with Gasteiger partial charge >= 0.3 is 0 Å². The first-order chi connectivity index (χ1) is 13.9. The van der Waals surface area contributed by atoms with Gasteiger partial charge in [0.15, 0.2) is 5.16 Å². The van der Waals surface area contributed by atoms with Crippen LogP contribution in [0.3, 0.4) is 0 Å². The van der Waals surface area contributed by atoms with Crippen LogP contribution >= 0.6 is 23.1 Å². The van der Waals surface area contributed by atoms with Crippen LogP contribution in [-0.2, 0) is 17.8 Å². The standard InChI is InChI=1S/C22H25N3O2S2/c1-13(2)25-21(27)19-14(3)15(4)29-20(19)23-22(25)28-12-18(26)24-10-9-16-7-5-6-8-17(16)11-24/h5-8,13H,9-12H2,1-4H3. The van der Waals surface area contributed by atoms with Gasteiger partial charge in [-0.15, -0.1) is 11.3 Å². The maximum absolute atomic E-state index is 13.1. The molecular weight excluding hydrogens is 402 g/mol. The number of fused-ring (bicyclic) bond motifs is 2. The maximum Gasteiger partial charge on any atom is 0.263 e. The van der Waals surface area contributed by atoms with Crippen LogP contribution in [0.5, 0.6) is 0 Å². The molecule has 0 radical (unpaired) electrons. The molecule has 152 valence electrons. The van der Waals surface area contributed by atoms with Crippen molar-refractivity contribution >= 4 is 39.2 Å². The molecule has 1 aliphatic rings. The predicted molar refractivity (Wildman–Crippen MR) is 120 cm³/mol. The van der Waals surface area contributed by atoms with E-state index in [1.165, 1.54) is 22.9 Å². The molecule has 2 aromatic heterocycles. The van der Waals surface area contributed by atoms with Crippen molar-refractivity contribution in [1.29, 1.82) is 0 Å². The van der Waals surface area contributed by atoms with Crippen molar-refractivity contribution in [1.82, 2.24) is 14.5 Å². The van der Waals surface area contributed by atoms with Gasteiger partial charge in [0, 0.05) is 24.0 Å². The molecular formula is C22H25N3O2S2. The lowest BCUT2D eigenvalue weighted by Crippen LogP contribution is -2.37. The van der Waals surface area contributed by atoms with Crippen LogP contribution in [0.2, 0.25) is 0 Å². The van der Waals surface area contributed by atoms with E-state index in [2.05, 4.69) is 12.1 Å². The average molecular weight is 428 g/mol. The highest BCUT2D eigenvalue weighted by Crippen LogP contribution is 2.30. The first kappa shape index (κ1) is 20.2. The number of carbonyl (C=O) groups excluding carboxylic acids is 1. The van der Waals surface area contributed by atoms with Crippen molar-refractivity contribution in [2.24, 2.45) is 0 Å². The quantitative estimate of drug-likeness (QED) is 0.459. The number of hydrogen-bond acceptors (Lipinski definition) is 5. The smallest absolute Gasteiger partial charge is 0.263 e. The summed E-state index contributed by atoms with van der Waals surface area (Å²) in [5, 5.41) is 1.34. The fourth-order valence-corrected chi connectivity index (χ4v) is 5.87. The van der Waals surface area contributed by atoms with Crippen molar-refractivity contribution in [2.45, 2.75) is 51.9 Å². The van der Waals surface area contributed by atoms with E-state index in [9.17, 15) is 9.59 Å². The van der Waals surface area contributed by atoms with Crippen LogP contribution < -0.4 is 5.56 Å². The van der Waals surface area contributed by atoms with Crippen LogP contribution in [0, 0.1) is 13.8 Å². The van der Waals surface area contributed by atoms with E-state index in [4.69, 9.17) is 4.98 Å². The average Bonchev–Trinajstić information content (AvgIpc) is 2.99. The fourth-order valence-electron chi connectivity index (χ4n) is 3.77. The van der Waals surface area contributed by atoms with E-state index in [-0.39, 0.29) is 23.3 Å². The zero-order valence-corrected chi connectivity index (χ0v) is 18.8. The van der Waals surface area contributed by atoms with Crippen LogP contribution in [0.4, 0.5) is 0 Å². The first-order valence-corrected chi connectivity index (χ1v) is 11.7. The van der Waals surface area contributed by atoms with E-state index in [1.807, 2.05) is 44.7 Å². The van der Waals surface area contributed by atoms with Gasteiger partial charge in [0.1, 0.15) is 4.83 Å². The molecule has 5 nitrogen and oxygen atoms in total. The minimum atomic E-state index is -0.0153. The molecule has 0 aliphatic carbocycles. The second-order valence-electron chi connectivity index (χ2n) is 7.75. The lowest BCUT2D eigenvalue weighted by atomic mass is 10.00. The molecule has 0 N–H and O–H groups in total. The summed E-state index contributed by atoms with van der Waals surface area (Å²) in [7, 11) is 0. The maximum atomic E-state index is 13.1. The molecule has 0 spiro atoms. The Bertz CT molecular complexity index is 1150. The molecule has 0 atom stereocenters. The Labute approximate surface area is 178 Å². The van der Waals surface area contributed by atoms with Gasteiger partial charge in [0.05, 0.1) is 11.1 Å². The third-order valence-electron chi connectivity index (χ3n) is 5.53. The molecule has 0 fully saturated rings. The van der Waals surface area contributed by atoms with Gasteiger partial charge in [-0.25, -0.2) is 4.98 Å². The van der Waals surface area contributed by atoms with Gasteiger partial charge in [-0.3, -0.25) is 14.2 Å². The van der Waals surface area contributed by atoms with Gasteiger partial charge < -0.3 is 4.90 Å². The third-order valence-corrected chi connectivity index (χ3v) is 7.57. The van der Waals surface area contributed by atoms with Crippen LogP contribution in [0.25, 0.3) is 10.2 Å². The highest BCUT2D eigenvalue weighted by atomic mass is 32.2. The van der Waals surface area contributed by atoms with Gasteiger partial charge in [-0.05, 0) is 50.8 Å². The van der Waals surface area contributed by atoms with Crippen LogP contribution in [0.15, 0.2) is 34.2 Å². The molecule has 0 saturated heterocycles. The van der Waals surface area contributed by atoms with Gasteiger partial charge in [0.2, 0.25) is 5.91 Å². The predicted octanol–water partition coefficient (Wildman–Crippen LogP) is 4.33. The summed E-state index contributed by atoms with van der Waals surface area (Å²) in [6.45, 7) is 9.36. The van der Waals surface area contributed by atoms with Crippen molar-refractivity contribution in [3.63, 3.8) is 0 Å². The summed E-state index contributed by atoms with van der Waals surface area (Å²) in [5.74, 6) is 0.378. The number of benzene rings is 1. The normalized spacial score (nSPS) is 13.9. The van der Waals surface area contributed by atoms with E-state index >= 15 is 0 Å². The highest BCUT2D eigenvalue weighted by molar-refractivity contribution is 7.99. The minimum absolute atomic E-state index is 0.00583. The Hall–Kier alpha value is -2.12. The Kier molecular flexibility index (Phi) is 5.53. The number of aryl methyl sites for hydroxylation is 2. The summed E-state index contributed by atoms with van der Waals surface area (Å²) >= 11 is 2.92. The molecule has 3 aromatic rings. The molecule has 1 amide bonds. The summed E-state index contributed by atoms with van der Waals surface area (Å²) in [4.78, 5) is 34.5. The lowest BCUT2D eigenvalue weighted by Gasteiger charge is -2.29. The summed E-state index contributed by atoms with van der Waals surface area (Å²) in [5.41, 5.74) is 3.55. The van der Waals surface area contributed by atoms with Crippen molar-refractivity contribution in [3.05, 3.63) is 56.2 Å². The number of rotatable bonds is 4. The second kappa shape index (κ2) is 7.95. The molecule has 1 aliphatic heterocycles. The topological polar surface area (TPSA) is 55.2 Å².